The monoisotopic (exact) mass is 200 g/mol. The van der Waals surface area contributed by atoms with Gasteiger partial charge in [0.05, 0.1) is 6.20 Å². The summed E-state index contributed by atoms with van der Waals surface area (Å²) in [6.45, 7) is 0.514. The van der Waals surface area contributed by atoms with Crippen molar-refractivity contribution < 1.29 is 5.11 Å². The van der Waals surface area contributed by atoms with E-state index in [2.05, 4.69) is 4.98 Å². The van der Waals surface area contributed by atoms with Crippen molar-refractivity contribution in [1.82, 2.24) is 4.98 Å². The molecule has 3 nitrogen and oxygen atoms in total. The Kier molecular flexibility index (Phi) is 2.65. The second-order valence-electron chi connectivity index (χ2n) is 3.34. The largest absolute Gasteiger partial charge is 0.506 e. The molecule has 1 heterocycles. The summed E-state index contributed by atoms with van der Waals surface area (Å²) in [7, 11) is 0. The summed E-state index contributed by atoms with van der Waals surface area (Å²) >= 11 is 0. The number of aromatic hydroxyl groups is 1. The first kappa shape index (κ1) is 9.68. The lowest BCUT2D eigenvalue weighted by atomic mass is 10.0. The first-order chi connectivity index (χ1) is 7.29. The highest BCUT2D eigenvalue weighted by Crippen LogP contribution is 2.22. The van der Waals surface area contributed by atoms with Crippen LogP contribution in [-0.2, 0) is 6.54 Å². The molecule has 0 fully saturated rings. The van der Waals surface area contributed by atoms with Gasteiger partial charge >= 0.3 is 0 Å². The minimum absolute atomic E-state index is 0.172. The lowest BCUT2D eigenvalue weighted by molar-refractivity contribution is 0.473. The number of benzene rings is 1. The minimum atomic E-state index is 0.172. The van der Waals surface area contributed by atoms with E-state index in [0.717, 1.165) is 16.7 Å². The van der Waals surface area contributed by atoms with Crippen molar-refractivity contribution in [2.75, 3.05) is 0 Å². The molecule has 0 saturated carbocycles. The topological polar surface area (TPSA) is 59.1 Å². The zero-order chi connectivity index (χ0) is 10.7. The van der Waals surface area contributed by atoms with Crippen LogP contribution in [-0.4, -0.2) is 10.1 Å². The maximum Gasteiger partial charge on any atom is 0.134 e. The summed E-state index contributed by atoms with van der Waals surface area (Å²) in [5.41, 5.74) is 8.54. The van der Waals surface area contributed by atoms with Crippen molar-refractivity contribution >= 4 is 0 Å². The van der Waals surface area contributed by atoms with Crippen molar-refractivity contribution in [2.24, 2.45) is 5.73 Å². The predicted octanol–water partition coefficient (Wildman–Crippen LogP) is 1.91. The summed E-state index contributed by atoms with van der Waals surface area (Å²) in [5, 5.41) is 9.31. The lowest BCUT2D eigenvalue weighted by Crippen LogP contribution is -1.95. The predicted molar refractivity (Wildman–Crippen MR) is 59.2 cm³/mol. The Morgan fingerprint density at radius 1 is 1.13 bits per heavy atom. The van der Waals surface area contributed by atoms with E-state index in [1.165, 1.54) is 6.20 Å². The lowest BCUT2D eigenvalue weighted by Gasteiger charge is -2.03. The molecule has 1 aromatic carbocycles. The summed E-state index contributed by atoms with van der Waals surface area (Å²) < 4.78 is 0. The molecule has 15 heavy (non-hydrogen) atoms. The van der Waals surface area contributed by atoms with Crippen LogP contribution in [0.1, 0.15) is 5.56 Å². The molecular weight excluding hydrogens is 188 g/mol. The van der Waals surface area contributed by atoms with E-state index in [1.807, 2.05) is 24.3 Å². The average Bonchev–Trinajstić information content (AvgIpc) is 2.29. The second kappa shape index (κ2) is 4.11. The molecule has 0 aliphatic carbocycles. The molecular formula is C12H12N2O. The Hall–Kier alpha value is -1.87. The normalized spacial score (nSPS) is 10.2. The third-order valence-corrected chi connectivity index (χ3v) is 2.22. The highest BCUT2D eigenvalue weighted by atomic mass is 16.3. The quantitative estimate of drug-likeness (QED) is 0.778. The molecule has 0 unspecified atom stereocenters. The fraction of sp³-hybridized carbons (Fsp3) is 0.0833. The molecule has 0 aliphatic heterocycles. The molecule has 0 aliphatic rings. The Balaban J connectivity index is 2.44. The fourth-order valence-electron chi connectivity index (χ4n) is 1.46. The zero-order valence-corrected chi connectivity index (χ0v) is 8.22. The molecule has 2 rings (SSSR count). The molecule has 3 heteroatoms. The van der Waals surface area contributed by atoms with Gasteiger partial charge in [-0.25, -0.2) is 0 Å². The van der Waals surface area contributed by atoms with Gasteiger partial charge in [-0.05, 0) is 23.3 Å². The molecule has 0 amide bonds. The molecule has 0 atom stereocenters. The van der Waals surface area contributed by atoms with E-state index in [-0.39, 0.29) is 5.75 Å². The first-order valence-corrected chi connectivity index (χ1v) is 4.73. The van der Waals surface area contributed by atoms with E-state index in [0.29, 0.717) is 6.54 Å². The smallest absolute Gasteiger partial charge is 0.134 e. The van der Waals surface area contributed by atoms with Crippen molar-refractivity contribution in [1.29, 1.82) is 0 Å². The summed E-state index contributed by atoms with van der Waals surface area (Å²) in [6.07, 6.45) is 3.13. The van der Waals surface area contributed by atoms with Crippen LogP contribution in [0.5, 0.6) is 5.75 Å². The van der Waals surface area contributed by atoms with Gasteiger partial charge in [0, 0.05) is 18.3 Å². The number of hydrogen-bond donors (Lipinski definition) is 2. The van der Waals surface area contributed by atoms with Gasteiger partial charge in [0.2, 0.25) is 0 Å². The van der Waals surface area contributed by atoms with Crippen LogP contribution < -0.4 is 5.73 Å². The zero-order valence-electron chi connectivity index (χ0n) is 8.22. The van der Waals surface area contributed by atoms with Gasteiger partial charge in [0.25, 0.3) is 0 Å². The van der Waals surface area contributed by atoms with E-state index >= 15 is 0 Å². The van der Waals surface area contributed by atoms with E-state index in [1.54, 1.807) is 12.3 Å². The van der Waals surface area contributed by atoms with Gasteiger partial charge in [0.15, 0.2) is 0 Å². The number of nitrogens with zero attached hydrogens (tertiary/aromatic N) is 1. The van der Waals surface area contributed by atoms with Gasteiger partial charge in [-0.3, -0.25) is 4.98 Å². The number of rotatable bonds is 2. The molecule has 3 N–H and O–H groups in total. The summed E-state index contributed by atoms with van der Waals surface area (Å²) in [6, 6.07) is 9.57. The molecule has 1 aromatic heterocycles. The van der Waals surface area contributed by atoms with E-state index in [9.17, 15) is 5.11 Å². The molecule has 0 radical (unpaired) electrons. The number of hydrogen-bond acceptors (Lipinski definition) is 3. The number of aromatic nitrogens is 1. The first-order valence-electron chi connectivity index (χ1n) is 4.73. The van der Waals surface area contributed by atoms with Crippen LogP contribution in [0.15, 0.2) is 42.7 Å². The highest BCUT2D eigenvalue weighted by Gasteiger charge is 1.99. The van der Waals surface area contributed by atoms with Crippen molar-refractivity contribution in [3.8, 4) is 16.9 Å². The summed E-state index contributed by atoms with van der Waals surface area (Å²) in [5.74, 6) is 0.172. The Morgan fingerprint density at radius 2 is 2.00 bits per heavy atom. The van der Waals surface area contributed by atoms with Gasteiger partial charge < -0.3 is 10.8 Å². The van der Waals surface area contributed by atoms with Gasteiger partial charge in [0.1, 0.15) is 5.75 Å². The third-order valence-electron chi connectivity index (χ3n) is 2.22. The maximum atomic E-state index is 9.31. The minimum Gasteiger partial charge on any atom is -0.506 e. The molecule has 0 bridgehead atoms. The van der Waals surface area contributed by atoms with E-state index < -0.39 is 0 Å². The van der Waals surface area contributed by atoms with E-state index in [4.69, 9.17) is 5.73 Å². The molecule has 76 valence electrons. The maximum absolute atomic E-state index is 9.31. The summed E-state index contributed by atoms with van der Waals surface area (Å²) in [4.78, 5) is 3.93. The number of nitrogens with two attached hydrogens (primary N) is 1. The van der Waals surface area contributed by atoms with Gasteiger partial charge in [-0.15, -0.1) is 0 Å². The van der Waals surface area contributed by atoms with Crippen LogP contribution in [0.4, 0.5) is 0 Å². The van der Waals surface area contributed by atoms with Gasteiger partial charge in [-0.1, -0.05) is 18.2 Å². The van der Waals surface area contributed by atoms with Crippen LogP contribution in [0.2, 0.25) is 0 Å². The van der Waals surface area contributed by atoms with Crippen molar-refractivity contribution in [3.63, 3.8) is 0 Å². The van der Waals surface area contributed by atoms with Gasteiger partial charge in [-0.2, -0.15) is 0 Å². The van der Waals surface area contributed by atoms with Crippen LogP contribution in [0, 0.1) is 0 Å². The number of pyridine rings is 1. The van der Waals surface area contributed by atoms with Crippen molar-refractivity contribution in [3.05, 3.63) is 48.3 Å². The fourth-order valence-corrected chi connectivity index (χ4v) is 1.46. The Morgan fingerprint density at radius 3 is 2.73 bits per heavy atom. The third kappa shape index (κ3) is 2.14. The molecule has 0 spiro atoms. The Labute approximate surface area is 88.2 Å². The molecule has 0 saturated heterocycles. The highest BCUT2D eigenvalue weighted by molar-refractivity contribution is 5.64. The van der Waals surface area contributed by atoms with Crippen LogP contribution in [0.25, 0.3) is 11.1 Å². The standard InChI is InChI=1S/C12H12N2O/c13-6-9-2-1-3-10(4-9)11-5-12(15)8-14-7-11/h1-5,7-8,15H,6,13H2. The molecule has 2 aromatic rings. The second-order valence-corrected chi connectivity index (χ2v) is 3.34. The van der Waals surface area contributed by atoms with Crippen LogP contribution >= 0.6 is 0 Å². The van der Waals surface area contributed by atoms with Crippen molar-refractivity contribution in [2.45, 2.75) is 6.54 Å². The SMILES string of the molecule is NCc1cccc(-c2cncc(O)c2)c1. The van der Waals surface area contributed by atoms with Crippen LogP contribution in [0.3, 0.4) is 0 Å². The Bertz CT molecular complexity index is 469. The average molecular weight is 200 g/mol.